The van der Waals surface area contributed by atoms with Crippen molar-refractivity contribution in [1.82, 2.24) is 0 Å². The molecule has 3 unspecified atom stereocenters. The van der Waals surface area contributed by atoms with Gasteiger partial charge in [0.05, 0.1) is 7.11 Å². The first-order chi connectivity index (χ1) is 12.2. The minimum absolute atomic E-state index is 0.163. The van der Waals surface area contributed by atoms with Gasteiger partial charge < -0.3 is 23.7 Å². The first-order valence-electron chi connectivity index (χ1n) is 8.15. The molecule has 5 rings (SSSR count). The molecule has 0 amide bonds. The van der Waals surface area contributed by atoms with Gasteiger partial charge in [0.25, 0.3) is 0 Å². The Bertz CT molecular complexity index is 844. The van der Waals surface area contributed by atoms with Gasteiger partial charge in [0.1, 0.15) is 30.1 Å². The van der Waals surface area contributed by atoms with E-state index < -0.39 is 0 Å². The monoisotopic (exact) mass is 340 g/mol. The smallest absolute Gasteiger partial charge is 0.313 e. The number of benzene rings is 2. The Kier molecular flexibility index (Phi) is 3.07. The lowest BCUT2D eigenvalue weighted by atomic mass is 9.76. The van der Waals surface area contributed by atoms with E-state index in [0.29, 0.717) is 17.2 Å². The fraction of sp³-hybridized carbons (Fsp3) is 0.316. The van der Waals surface area contributed by atoms with Crippen molar-refractivity contribution in [3.63, 3.8) is 0 Å². The standard InChI is InChI=1S/C19H16O6/c1-21-11-4-2-10(3-5-11)17-12-6-14-15(24-9-23-14)7-13(12)25-16-8-22-19(20)18(16)17/h2-7,16-18H,8-9H2,1H3. The van der Waals surface area contributed by atoms with Crippen molar-refractivity contribution in [2.75, 3.05) is 20.5 Å². The molecule has 3 aliphatic rings. The number of methoxy groups -OCH3 is 1. The number of carbonyl (C=O) groups is 1. The predicted molar refractivity (Wildman–Crippen MR) is 86.3 cm³/mol. The molecule has 3 atom stereocenters. The van der Waals surface area contributed by atoms with E-state index in [2.05, 4.69) is 0 Å². The van der Waals surface area contributed by atoms with Crippen molar-refractivity contribution in [3.8, 4) is 23.0 Å². The Morgan fingerprint density at radius 2 is 1.76 bits per heavy atom. The highest BCUT2D eigenvalue weighted by molar-refractivity contribution is 5.79. The maximum absolute atomic E-state index is 12.4. The van der Waals surface area contributed by atoms with Crippen LogP contribution >= 0.6 is 0 Å². The van der Waals surface area contributed by atoms with Gasteiger partial charge in [-0.15, -0.1) is 0 Å². The van der Waals surface area contributed by atoms with Gasteiger partial charge >= 0.3 is 5.97 Å². The minimum Gasteiger partial charge on any atom is -0.497 e. The summed E-state index contributed by atoms with van der Waals surface area (Å²) in [5.41, 5.74) is 1.92. The van der Waals surface area contributed by atoms with Crippen LogP contribution in [0.5, 0.6) is 23.0 Å². The van der Waals surface area contributed by atoms with E-state index in [1.165, 1.54) is 0 Å². The lowest BCUT2D eigenvalue weighted by Crippen LogP contribution is -2.37. The van der Waals surface area contributed by atoms with Gasteiger partial charge in [-0.1, -0.05) is 12.1 Å². The molecule has 6 heteroatoms. The van der Waals surface area contributed by atoms with Crippen LogP contribution in [-0.4, -0.2) is 32.6 Å². The first kappa shape index (κ1) is 14.5. The van der Waals surface area contributed by atoms with Crippen molar-refractivity contribution in [1.29, 1.82) is 0 Å². The van der Waals surface area contributed by atoms with Crippen molar-refractivity contribution < 1.29 is 28.5 Å². The highest BCUT2D eigenvalue weighted by Gasteiger charge is 2.49. The number of ether oxygens (including phenoxy) is 5. The zero-order valence-corrected chi connectivity index (χ0v) is 13.6. The molecule has 0 radical (unpaired) electrons. The normalized spacial score (nSPS) is 25.6. The molecule has 0 spiro atoms. The fourth-order valence-electron chi connectivity index (χ4n) is 3.81. The van der Waals surface area contributed by atoms with Gasteiger partial charge in [-0.05, 0) is 23.8 Å². The van der Waals surface area contributed by atoms with E-state index in [1.54, 1.807) is 7.11 Å². The Hall–Kier alpha value is -2.89. The summed E-state index contributed by atoms with van der Waals surface area (Å²) in [5, 5.41) is 0. The summed E-state index contributed by atoms with van der Waals surface area (Å²) in [7, 11) is 1.63. The average molecular weight is 340 g/mol. The van der Waals surface area contributed by atoms with E-state index in [0.717, 1.165) is 16.9 Å². The third-order valence-electron chi connectivity index (χ3n) is 5.02. The Balaban J connectivity index is 1.66. The molecule has 3 heterocycles. The van der Waals surface area contributed by atoms with E-state index in [1.807, 2.05) is 36.4 Å². The number of carbonyl (C=O) groups excluding carboxylic acids is 1. The van der Waals surface area contributed by atoms with Crippen LogP contribution in [0.25, 0.3) is 0 Å². The van der Waals surface area contributed by atoms with Crippen LogP contribution in [0, 0.1) is 5.92 Å². The van der Waals surface area contributed by atoms with E-state index in [4.69, 9.17) is 23.7 Å². The molecule has 1 saturated heterocycles. The van der Waals surface area contributed by atoms with Gasteiger partial charge in [-0.25, -0.2) is 0 Å². The quantitative estimate of drug-likeness (QED) is 0.783. The summed E-state index contributed by atoms with van der Waals surface area (Å²) in [5.74, 6) is 2.05. The summed E-state index contributed by atoms with van der Waals surface area (Å²) in [6.45, 7) is 0.463. The summed E-state index contributed by atoms with van der Waals surface area (Å²) in [4.78, 5) is 12.4. The van der Waals surface area contributed by atoms with Crippen molar-refractivity contribution in [2.45, 2.75) is 12.0 Å². The number of fused-ring (bicyclic) bond motifs is 3. The number of esters is 1. The molecule has 3 aliphatic heterocycles. The van der Waals surface area contributed by atoms with Crippen LogP contribution in [0.3, 0.4) is 0 Å². The lowest BCUT2D eigenvalue weighted by molar-refractivity contribution is -0.141. The highest BCUT2D eigenvalue weighted by atomic mass is 16.7. The minimum atomic E-state index is -0.374. The van der Waals surface area contributed by atoms with Crippen molar-refractivity contribution in [3.05, 3.63) is 47.5 Å². The lowest BCUT2D eigenvalue weighted by Gasteiger charge is -2.33. The summed E-state index contributed by atoms with van der Waals surface area (Å²) in [6.07, 6.45) is -0.299. The fourth-order valence-corrected chi connectivity index (χ4v) is 3.81. The van der Waals surface area contributed by atoms with Crippen LogP contribution in [0.2, 0.25) is 0 Å². The SMILES string of the molecule is COc1ccc(C2c3cc4c(cc3OC3COC(=O)C32)OCO4)cc1. The zero-order chi connectivity index (χ0) is 17.0. The van der Waals surface area contributed by atoms with Crippen molar-refractivity contribution in [2.24, 2.45) is 5.92 Å². The van der Waals surface area contributed by atoms with E-state index in [-0.39, 0.29) is 37.3 Å². The van der Waals surface area contributed by atoms with Gasteiger partial charge in [-0.2, -0.15) is 0 Å². The van der Waals surface area contributed by atoms with Gasteiger partial charge in [0.2, 0.25) is 6.79 Å². The molecule has 0 saturated carbocycles. The third-order valence-corrected chi connectivity index (χ3v) is 5.02. The highest BCUT2D eigenvalue weighted by Crippen LogP contribution is 2.50. The zero-order valence-electron chi connectivity index (χ0n) is 13.6. The van der Waals surface area contributed by atoms with Crippen LogP contribution in [0.1, 0.15) is 17.0 Å². The summed E-state index contributed by atoms with van der Waals surface area (Å²) < 4.78 is 27.5. The number of cyclic esters (lactones) is 1. The Morgan fingerprint density at radius 1 is 1.00 bits per heavy atom. The third kappa shape index (κ3) is 2.13. The predicted octanol–water partition coefficient (Wildman–Crippen LogP) is 2.49. The van der Waals surface area contributed by atoms with Crippen LogP contribution < -0.4 is 18.9 Å². The van der Waals surface area contributed by atoms with Gasteiger partial charge in [0, 0.05) is 17.5 Å². The maximum atomic E-state index is 12.4. The number of rotatable bonds is 2. The van der Waals surface area contributed by atoms with Crippen molar-refractivity contribution >= 4 is 5.97 Å². The second kappa shape index (κ2) is 5.31. The number of hydrogen-bond donors (Lipinski definition) is 0. The number of hydrogen-bond acceptors (Lipinski definition) is 6. The molecule has 2 aromatic rings. The Morgan fingerprint density at radius 3 is 2.52 bits per heavy atom. The molecular formula is C19H16O6. The first-order valence-corrected chi connectivity index (χ1v) is 8.15. The second-order valence-corrected chi connectivity index (χ2v) is 6.31. The maximum Gasteiger partial charge on any atom is 0.313 e. The van der Waals surface area contributed by atoms with Crippen LogP contribution in [0.15, 0.2) is 36.4 Å². The van der Waals surface area contributed by atoms with E-state index >= 15 is 0 Å². The van der Waals surface area contributed by atoms with Crippen LogP contribution in [-0.2, 0) is 9.53 Å². The molecule has 2 aromatic carbocycles. The topological polar surface area (TPSA) is 63.2 Å². The Labute approximate surface area is 144 Å². The molecular weight excluding hydrogens is 324 g/mol. The second-order valence-electron chi connectivity index (χ2n) is 6.31. The van der Waals surface area contributed by atoms with Crippen LogP contribution in [0.4, 0.5) is 0 Å². The summed E-state index contributed by atoms with van der Waals surface area (Å²) >= 11 is 0. The molecule has 128 valence electrons. The van der Waals surface area contributed by atoms with Gasteiger partial charge in [0.15, 0.2) is 11.5 Å². The molecule has 0 aliphatic carbocycles. The molecule has 1 fully saturated rings. The van der Waals surface area contributed by atoms with E-state index in [9.17, 15) is 4.79 Å². The molecule has 0 aromatic heterocycles. The average Bonchev–Trinajstić information content (AvgIpc) is 3.24. The molecule has 6 nitrogen and oxygen atoms in total. The largest absolute Gasteiger partial charge is 0.497 e. The van der Waals surface area contributed by atoms with Gasteiger partial charge in [-0.3, -0.25) is 4.79 Å². The summed E-state index contributed by atoms with van der Waals surface area (Å²) in [6, 6.07) is 11.5. The molecule has 0 N–H and O–H groups in total. The molecule has 25 heavy (non-hydrogen) atoms. The molecule has 0 bridgehead atoms.